The first-order valence-electron chi connectivity index (χ1n) is 7.34. The molecule has 1 saturated heterocycles. The van der Waals surface area contributed by atoms with E-state index in [0.29, 0.717) is 16.9 Å². The van der Waals surface area contributed by atoms with Gasteiger partial charge in [-0.2, -0.15) is 4.98 Å². The number of ether oxygens (including phenoxy) is 1. The van der Waals surface area contributed by atoms with E-state index in [1.165, 1.54) is 11.8 Å². The number of hydrogen-bond acceptors (Lipinski definition) is 8. The average molecular weight is 335 g/mol. The Morgan fingerprint density at radius 2 is 2.39 bits per heavy atom. The first-order valence-corrected chi connectivity index (χ1v) is 8.32. The Morgan fingerprint density at radius 1 is 1.48 bits per heavy atom. The third-order valence-electron chi connectivity index (χ3n) is 3.24. The molecule has 1 amide bonds. The maximum Gasteiger partial charge on any atom is 0.255 e. The van der Waals surface area contributed by atoms with Crippen molar-refractivity contribution < 1.29 is 14.1 Å². The van der Waals surface area contributed by atoms with Gasteiger partial charge in [0.05, 0.1) is 12.3 Å². The molecule has 0 aliphatic carbocycles. The molecule has 0 bridgehead atoms. The molecule has 1 aliphatic rings. The van der Waals surface area contributed by atoms with Crippen molar-refractivity contribution in [2.75, 3.05) is 12.4 Å². The van der Waals surface area contributed by atoms with Gasteiger partial charge in [0, 0.05) is 18.5 Å². The number of rotatable bonds is 6. The Balaban J connectivity index is 1.43. The van der Waals surface area contributed by atoms with E-state index in [1.807, 2.05) is 13.0 Å². The predicted octanol–water partition coefficient (Wildman–Crippen LogP) is 1.43. The quantitative estimate of drug-likeness (QED) is 0.624. The topological polar surface area (TPSA) is 103 Å². The maximum absolute atomic E-state index is 11.8. The number of amides is 1. The van der Waals surface area contributed by atoms with E-state index in [2.05, 4.69) is 25.4 Å². The third-order valence-corrected chi connectivity index (χ3v) is 4.10. The Labute approximate surface area is 137 Å². The smallest absolute Gasteiger partial charge is 0.255 e. The van der Waals surface area contributed by atoms with Crippen LogP contribution in [0, 0.1) is 6.92 Å². The van der Waals surface area contributed by atoms with Crippen molar-refractivity contribution >= 4 is 17.7 Å². The zero-order valence-corrected chi connectivity index (χ0v) is 13.5. The molecule has 1 atom stereocenters. The van der Waals surface area contributed by atoms with Gasteiger partial charge in [-0.25, -0.2) is 9.97 Å². The van der Waals surface area contributed by atoms with Crippen molar-refractivity contribution in [1.29, 1.82) is 0 Å². The van der Waals surface area contributed by atoms with E-state index in [0.717, 1.165) is 25.1 Å². The van der Waals surface area contributed by atoms with E-state index in [1.54, 1.807) is 6.20 Å². The molecule has 8 nitrogen and oxygen atoms in total. The molecule has 2 aromatic rings. The van der Waals surface area contributed by atoms with Gasteiger partial charge in [0.15, 0.2) is 11.0 Å². The number of nitrogens with one attached hydrogen (secondary N) is 1. The molecule has 0 saturated carbocycles. The monoisotopic (exact) mass is 335 g/mol. The number of thioether (sulfide) groups is 1. The predicted molar refractivity (Wildman–Crippen MR) is 81.6 cm³/mol. The van der Waals surface area contributed by atoms with Gasteiger partial charge in [0.25, 0.3) is 5.89 Å². The summed E-state index contributed by atoms with van der Waals surface area (Å²) in [6.07, 6.45) is 3.45. The summed E-state index contributed by atoms with van der Waals surface area (Å²) in [5, 5.41) is 7.18. The number of aromatic nitrogens is 4. The van der Waals surface area contributed by atoms with Crippen molar-refractivity contribution in [3.05, 3.63) is 29.7 Å². The van der Waals surface area contributed by atoms with Crippen LogP contribution in [-0.4, -0.2) is 38.4 Å². The molecule has 0 unspecified atom stereocenters. The van der Waals surface area contributed by atoms with Gasteiger partial charge >= 0.3 is 0 Å². The first-order chi connectivity index (χ1) is 11.2. The molecule has 1 fully saturated rings. The average Bonchev–Trinajstić information content (AvgIpc) is 3.22. The summed E-state index contributed by atoms with van der Waals surface area (Å²) in [5.41, 5.74) is 0.872. The lowest BCUT2D eigenvalue weighted by Gasteiger charge is -2.02. The van der Waals surface area contributed by atoms with Crippen LogP contribution >= 0.6 is 11.8 Å². The molecular weight excluding hydrogens is 318 g/mol. The first kappa shape index (κ1) is 15.9. The van der Waals surface area contributed by atoms with Crippen molar-refractivity contribution in [3.8, 4) is 0 Å². The van der Waals surface area contributed by atoms with E-state index >= 15 is 0 Å². The molecule has 23 heavy (non-hydrogen) atoms. The van der Waals surface area contributed by atoms with E-state index in [4.69, 9.17) is 9.26 Å². The van der Waals surface area contributed by atoms with Gasteiger partial charge in [-0.1, -0.05) is 16.9 Å². The van der Waals surface area contributed by atoms with Gasteiger partial charge in [-0.05, 0) is 25.8 Å². The van der Waals surface area contributed by atoms with Gasteiger partial charge in [0.2, 0.25) is 5.91 Å². The third kappa shape index (κ3) is 4.49. The number of carbonyl (C=O) groups excluding carboxylic acids is 1. The summed E-state index contributed by atoms with van der Waals surface area (Å²) in [6, 6.07) is 1.81. The number of carbonyl (C=O) groups is 1. The second-order valence-corrected chi connectivity index (χ2v) is 6.04. The molecule has 0 aromatic carbocycles. The summed E-state index contributed by atoms with van der Waals surface area (Å²) >= 11 is 1.28. The lowest BCUT2D eigenvalue weighted by molar-refractivity contribution is -0.118. The highest BCUT2D eigenvalue weighted by Gasteiger charge is 2.23. The van der Waals surface area contributed by atoms with Crippen LogP contribution in [0.4, 0.5) is 0 Å². The minimum absolute atomic E-state index is 0.110. The second kappa shape index (κ2) is 7.51. The summed E-state index contributed by atoms with van der Waals surface area (Å²) in [7, 11) is 0. The van der Waals surface area contributed by atoms with Crippen molar-refractivity contribution in [1.82, 2.24) is 25.4 Å². The van der Waals surface area contributed by atoms with Gasteiger partial charge in [0.1, 0.15) is 6.10 Å². The summed E-state index contributed by atoms with van der Waals surface area (Å²) < 4.78 is 10.6. The van der Waals surface area contributed by atoms with Gasteiger partial charge in [-0.3, -0.25) is 4.79 Å². The lowest BCUT2D eigenvalue weighted by atomic mass is 10.2. The fourth-order valence-corrected chi connectivity index (χ4v) is 2.80. The van der Waals surface area contributed by atoms with Crippen LogP contribution < -0.4 is 5.32 Å². The molecule has 1 aliphatic heterocycles. The van der Waals surface area contributed by atoms with E-state index < -0.39 is 0 Å². The molecule has 3 rings (SSSR count). The fraction of sp³-hybridized carbons (Fsp3) is 0.500. The standard InChI is InChI=1S/C14H17N5O3S/c1-9-4-5-15-14(17-9)23-8-12(20)16-7-11-18-13(22-19-11)10-3-2-6-21-10/h4-5,10H,2-3,6-8H2,1H3,(H,16,20)/t10-/m0/s1. The highest BCUT2D eigenvalue weighted by atomic mass is 32.2. The summed E-state index contributed by atoms with van der Waals surface area (Å²) in [5.74, 6) is 1.03. The number of nitrogens with zero attached hydrogens (tertiary/aromatic N) is 4. The molecule has 0 spiro atoms. The van der Waals surface area contributed by atoms with Crippen molar-refractivity contribution in [2.45, 2.75) is 37.6 Å². The van der Waals surface area contributed by atoms with E-state index in [-0.39, 0.29) is 24.3 Å². The van der Waals surface area contributed by atoms with Gasteiger partial charge in [-0.15, -0.1) is 0 Å². The summed E-state index contributed by atoms with van der Waals surface area (Å²) in [4.78, 5) is 24.4. The van der Waals surface area contributed by atoms with Crippen LogP contribution in [0.3, 0.4) is 0 Å². The molecule has 1 N–H and O–H groups in total. The van der Waals surface area contributed by atoms with Crippen LogP contribution in [0.1, 0.15) is 36.4 Å². The van der Waals surface area contributed by atoms with Crippen molar-refractivity contribution in [3.63, 3.8) is 0 Å². The highest BCUT2D eigenvalue weighted by Crippen LogP contribution is 2.26. The SMILES string of the molecule is Cc1ccnc(SCC(=O)NCc2noc([C@@H]3CCCO3)n2)n1. The largest absolute Gasteiger partial charge is 0.368 e. The van der Waals surface area contributed by atoms with Gasteiger partial charge < -0.3 is 14.6 Å². The Bertz CT molecular complexity index is 672. The molecule has 3 heterocycles. The van der Waals surface area contributed by atoms with Crippen LogP contribution in [0.5, 0.6) is 0 Å². The number of hydrogen-bond donors (Lipinski definition) is 1. The second-order valence-electron chi connectivity index (χ2n) is 5.10. The van der Waals surface area contributed by atoms with Crippen LogP contribution in [0.25, 0.3) is 0 Å². The Kier molecular flexibility index (Phi) is 5.19. The van der Waals surface area contributed by atoms with Crippen molar-refractivity contribution in [2.24, 2.45) is 0 Å². The lowest BCUT2D eigenvalue weighted by Crippen LogP contribution is -2.25. The zero-order valence-electron chi connectivity index (χ0n) is 12.7. The number of aryl methyl sites for hydroxylation is 1. The normalized spacial score (nSPS) is 17.3. The minimum atomic E-state index is -0.136. The Hall–Kier alpha value is -2.00. The van der Waals surface area contributed by atoms with E-state index in [9.17, 15) is 4.79 Å². The zero-order chi connectivity index (χ0) is 16.1. The maximum atomic E-state index is 11.8. The van der Waals surface area contributed by atoms with Crippen LogP contribution in [-0.2, 0) is 16.1 Å². The summed E-state index contributed by atoms with van der Waals surface area (Å²) in [6.45, 7) is 2.83. The molecule has 122 valence electrons. The highest BCUT2D eigenvalue weighted by molar-refractivity contribution is 7.99. The fourth-order valence-electron chi connectivity index (χ4n) is 2.10. The van der Waals surface area contributed by atoms with Crippen LogP contribution in [0.2, 0.25) is 0 Å². The molecular formula is C14H17N5O3S. The molecule has 0 radical (unpaired) electrons. The Morgan fingerprint density at radius 3 is 3.17 bits per heavy atom. The molecule has 9 heteroatoms. The minimum Gasteiger partial charge on any atom is -0.368 e. The van der Waals surface area contributed by atoms with Crippen LogP contribution in [0.15, 0.2) is 21.9 Å². The molecule has 2 aromatic heterocycles.